The van der Waals surface area contributed by atoms with Crippen LogP contribution in [-0.4, -0.2) is 18.5 Å². The molecule has 20 heavy (non-hydrogen) atoms. The van der Waals surface area contributed by atoms with Gasteiger partial charge in [-0.2, -0.15) is 0 Å². The van der Waals surface area contributed by atoms with Crippen LogP contribution in [0.15, 0.2) is 18.2 Å². The summed E-state index contributed by atoms with van der Waals surface area (Å²) in [6.07, 6.45) is 3.03. The predicted octanol–water partition coefficient (Wildman–Crippen LogP) is 2.69. The van der Waals surface area contributed by atoms with E-state index in [4.69, 9.17) is 17.3 Å². The van der Waals surface area contributed by atoms with Gasteiger partial charge in [0.15, 0.2) is 0 Å². The van der Waals surface area contributed by atoms with Crippen molar-refractivity contribution in [3.63, 3.8) is 0 Å². The maximum atomic E-state index is 13.6. The number of hydrogen-bond acceptors (Lipinski definition) is 2. The van der Waals surface area contributed by atoms with Crippen molar-refractivity contribution < 1.29 is 9.18 Å². The quantitative estimate of drug-likeness (QED) is 0.896. The van der Waals surface area contributed by atoms with Gasteiger partial charge in [-0.05, 0) is 37.4 Å². The molecule has 2 atom stereocenters. The number of carbonyl (C=O) groups excluding carboxylic acids is 1. The molecule has 1 aliphatic carbocycles. The summed E-state index contributed by atoms with van der Waals surface area (Å²) in [5, 5.41) is 3.23. The van der Waals surface area contributed by atoms with Crippen molar-refractivity contribution in [1.29, 1.82) is 0 Å². The Hall–Kier alpha value is -0.840. The van der Waals surface area contributed by atoms with Crippen LogP contribution in [0.1, 0.15) is 24.8 Å². The molecule has 0 bridgehead atoms. The zero-order valence-corrected chi connectivity index (χ0v) is 12.6. The lowest BCUT2D eigenvalue weighted by Crippen LogP contribution is -2.40. The Bertz CT molecular complexity index is 450. The van der Waals surface area contributed by atoms with Gasteiger partial charge in [0.05, 0.1) is 6.42 Å². The molecule has 1 aliphatic rings. The molecule has 0 saturated heterocycles. The molecular formula is C14H19Cl2FN2O. The first kappa shape index (κ1) is 17.2. The van der Waals surface area contributed by atoms with Crippen LogP contribution in [0.4, 0.5) is 4.39 Å². The van der Waals surface area contributed by atoms with Crippen LogP contribution in [0.5, 0.6) is 0 Å². The van der Waals surface area contributed by atoms with Crippen LogP contribution in [0.2, 0.25) is 5.02 Å². The Morgan fingerprint density at radius 3 is 2.85 bits per heavy atom. The van der Waals surface area contributed by atoms with E-state index in [9.17, 15) is 9.18 Å². The number of nitrogens with one attached hydrogen (secondary N) is 1. The third-order valence-corrected chi connectivity index (χ3v) is 4.06. The lowest BCUT2D eigenvalue weighted by molar-refractivity contribution is -0.121. The van der Waals surface area contributed by atoms with Crippen molar-refractivity contribution in [2.75, 3.05) is 6.54 Å². The normalized spacial score (nSPS) is 21.4. The van der Waals surface area contributed by atoms with Crippen LogP contribution in [0.25, 0.3) is 0 Å². The number of hydrogen-bond donors (Lipinski definition) is 2. The van der Waals surface area contributed by atoms with E-state index < -0.39 is 5.82 Å². The zero-order valence-electron chi connectivity index (χ0n) is 11.1. The van der Waals surface area contributed by atoms with E-state index in [1.165, 1.54) is 12.1 Å². The highest BCUT2D eigenvalue weighted by atomic mass is 35.5. The molecule has 1 aromatic rings. The molecule has 0 radical (unpaired) electrons. The molecule has 6 heteroatoms. The Balaban J connectivity index is 0.00000200. The summed E-state index contributed by atoms with van der Waals surface area (Å²) in [4.78, 5) is 12.0. The van der Waals surface area contributed by atoms with Gasteiger partial charge < -0.3 is 11.1 Å². The van der Waals surface area contributed by atoms with Crippen molar-refractivity contribution in [2.24, 2.45) is 11.7 Å². The van der Waals surface area contributed by atoms with Gasteiger partial charge >= 0.3 is 0 Å². The van der Waals surface area contributed by atoms with E-state index in [0.29, 0.717) is 12.5 Å². The fourth-order valence-electron chi connectivity index (χ4n) is 2.63. The lowest BCUT2D eigenvalue weighted by atomic mass is 10.0. The second-order valence-corrected chi connectivity index (χ2v) is 5.38. The molecule has 0 heterocycles. The average molecular weight is 321 g/mol. The molecule has 1 aromatic carbocycles. The van der Waals surface area contributed by atoms with Crippen molar-refractivity contribution >= 4 is 29.9 Å². The third-order valence-electron chi connectivity index (χ3n) is 3.71. The summed E-state index contributed by atoms with van der Waals surface area (Å²) in [6, 6.07) is 4.54. The zero-order chi connectivity index (χ0) is 13.8. The Morgan fingerprint density at radius 1 is 1.45 bits per heavy atom. The van der Waals surface area contributed by atoms with Crippen molar-refractivity contribution in [3.05, 3.63) is 34.6 Å². The Morgan fingerprint density at radius 2 is 2.20 bits per heavy atom. The molecule has 1 saturated carbocycles. The molecule has 1 amide bonds. The molecule has 112 valence electrons. The summed E-state index contributed by atoms with van der Waals surface area (Å²) < 4.78 is 13.6. The monoisotopic (exact) mass is 320 g/mol. The second kappa shape index (κ2) is 7.81. The number of carbonyl (C=O) groups is 1. The molecule has 3 N–H and O–H groups in total. The smallest absolute Gasteiger partial charge is 0.224 e. The topological polar surface area (TPSA) is 55.1 Å². The summed E-state index contributed by atoms with van der Waals surface area (Å²) in [7, 11) is 0. The minimum absolute atomic E-state index is 0. The Labute approximate surface area is 129 Å². The summed E-state index contributed by atoms with van der Waals surface area (Å²) in [5.74, 6) is -0.304. The van der Waals surface area contributed by atoms with Crippen LogP contribution >= 0.6 is 24.0 Å². The van der Waals surface area contributed by atoms with Gasteiger partial charge in [-0.25, -0.2) is 4.39 Å². The van der Waals surface area contributed by atoms with E-state index in [1.54, 1.807) is 6.07 Å². The molecule has 2 rings (SSSR count). The van der Waals surface area contributed by atoms with Gasteiger partial charge in [-0.3, -0.25) is 4.79 Å². The molecule has 0 aromatic heterocycles. The molecule has 2 unspecified atom stereocenters. The predicted molar refractivity (Wildman–Crippen MR) is 80.7 cm³/mol. The van der Waals surface area contributed by atoms with E-state index in [1.807, 2.05) is 0 Å². The molecule has 0 aliphatic heterocycles. The van der Waals surface area contributed by atoms with Crippen LogP contribution < -0.4 is 11.1 Å². The minimum Gasteiger partial charge on any atom is -0.353 e. The number of benzene rings is 1. The van der Waals surface area contributed by atoms with E-state index in [-0.39, 0.29) is 41.4 Å². The number of rotatable bonds is 4. The maximum absolute atomic E-state index is 13.6. The Kier molecular flexibility index (Phi) is 6.72. The fourth-order valence-corrected chi connectivity index (χ4v) is 2.86. The van der Waals surface area contributed by atoms with Gasteiger partial charge in [-0.15, -0.1) is 12.4 Å². The largest absolute Gasteiger partial charge is 0.353 e. The fraction of sp³-hybridized carbons (Fsp3) is 0.500. The highest BCUT2D eigenvalue weighted by Crippen LogP contribution is 2.25. The van der Waals surface area contributed by atoms with Gasteiger partial charge in [0.25, 0.3) is 0 Å². The standard InChI is InChI=1S/C14H18ClFN2O.ClH/c15-11-4-2-5-12(16)10(11)7-14(19)18-13-6-1-3-9(13)8-17;/h2,4-5,9,13H,1,3,6-8,17H2,(H,18,19);1H. The van der Waals surface area contributed by atoms with E-state index >= 15 is 0 Å². The van der Waals surface area contributed by atoms with Crippen molar-refractivity contribution in [3.8, 4) is 0 Å². The molecule has 1 fully saturated rings. The van der Waals surface area contributed by atoms with E-state index in [0.717, 1.165) is 19.3 Å². The first-order chi connectivity index (χ1) is 9.11. The second-order valence-electron chi connectivity index (χ2n) is 4.98. The number of nitrogens with two attached hydrogens (primary N) is 1. The molecule has 0 spiro atoms. The van der Waals surface area contributed by atoms with Gasteiger partial charge in [0.1, 0.15) is 5.82 Å². The maximum Gasteiger partial charge on any atom is 0.224 e. The molecule has 3 nitrogen and oxygen atoms in total. The number of amides is 1. The first-order valence-corrected chi connectivity index (χ1v) is 6.92. The summed E-state index contributed by atoms with van der Waals surface area (Å²) in [5.41, 5.74) is 5.92. The highest BCUT2D eigenvalue weighted by Gasteiger charge is 2.27. The SMILES string of the molecule is Cl.NCC1CCCC1NC(=O)Cc1c(F)cccc1Cl. The van der Waals surface area contributed by atoms with Crippen molar-refractivity contribution in [2.45, 2.75) is 31.7 Å². The summed E-state index contributed by atoms with van der Waals surface area (Å²) in [6.45, 7) is 0.575. The lowest BCUT2D eigenvalue weighted by Gasteiger charge is -2.19. The molecular weight excluding hydrogens is 302 g/mol. The van der Waals surface area contributed by atoms with Crippen LogP contribution in [0, 0.1) is 11.7 Å². The van der Waals surface area contributed by atoms with Gasteiger partial charge in [-0.1, -0.05) is 24.1 Å². The van der Waals surface area contributed by atoms with Crippen LogP contribution in [0.3, 0.4) is 0 Å². The number of halogens is 3. The van der Waals surface area contributed by atoms with Crippen molar-refractivity contribution in [1.82, 2.24) is 5.32 Å². The highest BCUT2D eigenvalue weighted by molar-refractivity contribution is 6.31. The van der Waals surface area contributed by atoms with Gasteiger partial charge in [0, 0.05) is 16.6 Å². The summed E-state index contributed by atoms with van der Waals surface area (Å²) >= 11 is 5.91. The average Bonchev–Trinajstić information content (AvgIpc) is 2.81. The van der Waals surface area contributed by atoms with Gasteiger partial charge in [0.2, 0.25) is 5.91 Å². The van der Waals surface area contributed by atoms with E-state index in [2.05, 4.69) is 5.32 Å². The first-order valence-electron chi connectivity index (χ1n) is 6.54. The third kappa shape index (κ3) is 4.08. The van der Waals surface area contributed by atoms with Crippen LogP contribution in [-0.2, 0) is 11.2 Å². The minimum atomic E-state index is -0.440.